The molecule has 0 aromatic heterocycles. The number of carbonyl (C=O) groups is 4. The molecule has 1 atom stereocenters. The van der Waals surface area contributed by atoms with Crippen LogP contribution in [0.1, 0.15) is 72.6 Å². The van der Waals surface area contributed by atoms with E-state index in [9.17, 15) is 19.2 Å². The molecule has 3 rings (SSSR count). The van der Waals surface area contributed by atoms with E-state index in [1.807, 2.05) is 0 Å². The largest absolute Gasteiger partial charge is 0.394 e. The van der Waals surface area contributed by atoms with Gasteiger partial charge in [0, 0.05) is 25.7 Å². The summed E-state index contributed by atoms with van der Waals surface area (Å²) in [6.07, 6.45) is 8.42. The normalized spacial score (nSPS) is 18.4. The van der Waals surface area contributed by atoms with Gasteiger partial charge in [-0.1, -0.05) is 45.1 Å². The topological polar surface area (TPSA) is 125 Å². The van der Waals surface area contributed by atoms with Gasteiger partial charge < -0.3 is 20.1 Å². The standard InChI is InChI=1S/C18H23N3O6.C7H14/c1-21(15-5-6-16(24)20-17(15)25)18(26)12-3-2-4-14(13(12)11-23)19-7-9-27-10-8-22;1-7-5-3-2-4-6-7/h2-4,11,15,19,22H,5-10H2,1H3,(H,20,24,25);7H,2-6H2,1H3. The molecule has 2 aliphatic rings. The highest BCUT2D eigenvalue weighted by atomic mass is 16.5. The van der Waals surface area contributed by atoms with Gasteiger partial charge in [0.25, 0.3) is 5.91 Å². The molecule has 3 N–H and O–H groups in total. The molecule has 1 saturated carbocycles. The van der Waals surface area contributed by atoms with Gasteiger partial charge in [-0.05, 0) is 24.5 Å². The lowest BCUT2D eigenvalue weighted by atomic mass is 9.91. The molecule has 1 aromatic rings. The van der Waals surface area contributed by atoms with E-state index in [0.717, 1.165) is 5.92 Å². The molecule has 1 saturated heterocycles. The molecule has 1 aliphatic carbocycles. The number of aliphatic hydroxyl groups is 1. The van der Waals surface area contributed by atoms with Crippen LogP contribution in [0, 0.1) is 5.92 Å². The highest BCUT2D eigenvalue weighted by Gasteiger charge is 2.33. The minimum Gasteiger partial charge on any atom is -0.394 e. The molecule has 188 valence electrons. The average Bonchev–Trinajstić information content (AvgIpc) is 2.83. The summed E-state index contributed by atoms with van der Waals surface area (Å²) in [7, 11) is 1.47. The van der Waals surface area contributed by atoms with Crippen LogP contribution in [0.4, 0.5) is 5.69 Å². The highest BCUT2D eigenvalue weighted by Crippen LogP contribution is 2.23. The first kappa shape index (κ1) is 27.5. The number of nitrogens with zero attached hydrogens (tertiary/aromatic N) is 1. The molecule has 0 radical (unpaired) electrons. The van der Waals surface area contributed by atoms with E-state index in [1.54, 1.807) is 12.1 Å². The number of aliphatic hydroxyl groups excluding tert-OH is 1. The summed E-state index contributed by atoms with van der Waals surface area (Å²) >= 11 is 0. The van der Waals surface area contributed by atoms with Gasteiger partial charge in [-0.3, -0.25) is 24.5 Å². The number of anilines is 1. The van der Waals surface area contributed by atoms with Gasteiger partial charge in [-0.2, -0.15) is 0 Å². The van der Waals surface area contributed by atoms with Gasteiger partial charge in [0.15, 0.2) is 6.29 Å². The average molecular weight is 476 g/mol. The van der Waals surface area contributed by atoms with Crippen molar-refractivity contribution in [2.45, 2.75) is 57.9 Å². The monoisotopic (exact) mass is 475 g/mol. The van der Waals surface area contributed by atoms with E-state index in [-0.39, 0.29) is 43.1 Å². The van der Waals surface area contributed by atoms with E-state index < -0.39 is 17.9 Å². The Hall–Kier alpha value is -2.78. The number of piperidine rings is 1. The maximum atomic E-state index is 12.8. The highest BCUT2D eigenvalue weighted by molar-refractivity contribution is 6.07. The molecule has 34 heavy (non-hydrogen) atoms. The number of hydrogen-bond donors (Lipinski definition) is 3. The van der Waals surface area contributed by atoms with Gasteiger partial charge in [-0.15, -0.1) is 0 Å². The molecule has 2 fully saturated rings. The molecule has 1 heterocycles. The molecule has 1 aliphatic heterocycles. The van der Waals surface area contributed by atoms with Crippen LogP contribution in [0.15, 0.2) is 18.2 Å². The van der Waals surface area contributed by atoms with Crippen molar-refractivity contribution in [1.29, 1.82) is 0 Å². The van der Waals surface area contributed by atoms with E-state index in [2.05, 4.69) is 17.6 Å². The van der Waals surface area contributed by atoms with Crippen molar-refractivity contribution in [2.24, 2.45) is 5.92 Å². The molecule has 0 spiro atoms. The fourth-order valence-corrected chi connectivity index (χ4v) is 4.15. The van der Waals surface area contributed by atoms with E-state index in [1.165, 1.54) is 50.1 Å². The Morgan fingerprint density at radius 3 is 2.53 bits per heavy atom. The summed E-state index contributed by atoms with van der Waals surface area (Å²) in [6.45, 7) is 3.22. The number of nitrogens with one attached hydrogen (secondary N) is 2. The lowest BCUT2D eigenvalue weighted by Crippen LogP contribution is -2.53. The van der Waals surface area contributed by atoms with Gasteiger partial charge >= 0.3 is 0 Å². The number of likely N-dealkylation sites (N-methyl/N-ethyl adjacent to an activating group) is 1. The fraction of sp³-hybridized carbons (Fsp3) is 0.600. The van der Waals surface area contributed by atoms with Crippen molar-refractivity contribution >= 4 is 29.7 Å². The van der Waals surface area contributed by atoms with Crippen LogP contribution < -0.4 is 10.6 Å². The van der Waals surface area contributed by atoms with Crippen molar-refractivity contribution < 1.29 is 29.0 Å². The SMILES string of the molecule is CC1CCCCC1.CN(C(=O)c1cccc(NCCOCCO)c1C=O)C1CCC(=O)NC1=O. The quantitative estimate of drug-likeness (QED) is 0.284. The number of carbonyl (C=O) groups excluding carboxylic acids is 4. The Bertz CT molecular complexity index is 838. The van der Waals surface area contributed by atoms with Gasteiger partial charge in [0.1, 0.15) is 6.04 Å². The Morgan fingerprint density at radius 2 is 1.94 bits per heavy atom. The molecular formula is C25H37N3O6. The maximum absolute atomic E-state index is 12.8. The summed E-state index contributed by atoms with van der Waals surface area (Å²) < 4.78 is 5.15. The molecule has 3 amide bonds. The van der Waals surface area contributed by atoms with E-state index in [0.29, 0.717) is 25.1 Å². The van der Waals surface area contributed by atoms with Gasteiger partial charge in [0.05, 0.1) is 30.9 Å². The number of benzene rings is 1. The zero-order chi connectivity index (χ0) is 24.9. The van der Waals surface area contributed by atoms with Crippen LogP contribution in [0.5, 0.6) is 0 Å². The predicted molar refractivity (Wildman–Crippen MR) is 129 cm³/mol. The van der Waals surface area contributed by atoms with Crippen LogP contribution in [0.25, 0.3) is 0 Å². The van der Waals surface area contributed by atoms with Crippen LogP contribution >= 0.6 is 0 Å². The molecule has 1 aromatic carbocycles. The summed E-state index contributed by atoms with van der Waals surface area (Å²) in [5, 5.41) is 13.9. The van der Waals surface area contributed by atoms with E-state index >= 15 is 0 Å². The third kappa shape index (κ3) is 8.22. The number of rotatable bonds is 9. The Morgan fingerprint density at radius 1 is 1.21 bits per heavy atom. The Labute approximate surface area is 201 Å². The van der Waals surface area contributed by atoms with Gasteiger partial charge in [-0.25, -0.2) is 0 Å². The van der Waals surface area contributed by atoms with Crippen molar-refractivity contribution in [3.63, 3.8) is 0 Å². The molecule has 1 unspecified atom stereocenters. The van der Waals surface area contributed by atoms with E-state index in [4.69, 9.17) is 9.84 Å². The smallest absolute Gasteiger partial charge is 0.255 e. The zero-order valence-corrected chi connectivity index (χ0v) is 20.2. The molecule has 9 heteroatoms. The molecule has 0 bridgehead atoms. The second-order valence-electron chi connectivity index (χ2n) is 8.77. The summed E-state index contributed by atoms with van der Waals surface area (Å²) in [6, 6.07) is 4.05. The predicted octanol–water partition coefficient (Wildman–Crippen LogP) is 2.38. The minimum atomic E-state index is -0.766. The first-order chi connectivity index (χ1) is 16.4. The lowest BCUT2D eigenvalue weighted by molar-refractivity contribution is -0.136. The second kappa shape index (κ2) is 14.5. The number of amides is 3. The minimum absolute atomic E-state index is 0.0732. The van der Waals surface area contributed by atoms with Crippen LogP contribution in [0.3, 0.4) is 0 Å². The van der Waals surface area contributed by atoms with Crippen LogP contribution in [0.2, 0.25) is 0 Å². The van der Waals surface area contributed by atoms with Crippen molar-refractivity contribution in [3.05, 3.63) is 29.3 Å². The summed E-state index contributed by atoms with van der Waals surface area (Å²) in [5.74, 6) is -0.328. The van der Waals surface area contributed by atoms with Crippen molar-refractivity contribution in [2.75, 3.05) is 38.7 Å². The third-order valence-electron chi connectivity index (χ3n) is 6.14. The van der Waals surface area contributed by atoms with Crippen molar-refractivity contribution in [3.8, 4) is 0 Å². The molecule has 9 nitrogen and oxygen atoms in total. The summed E-state index contributed by atoms with van der Waals surface area (Å²) in [5.41, 5.74) is 0.822. The number of ether oxygens (including phenoxy) is 1. The van der Waals surface area contributed by atoms with Crippen LogP contribution in [-0.4, -0.2) is 73.5 Å². The number of imide groups is 1. The fourth-order valence-electron chi connectivity index (χ4n) is 4.15. The number of hydrogen-bond acceptors (Lipinski definition) is 7. The van der Waals surface area contributed by atoms with Gasteiger partial charge in [0.2, 0.25) is 11.8 Å². The summed E-state index contributed by atoms with van der Waals surface area (Å²) in [4.78, 5) is 49.0. The Kier molecular flexibility index (Phi) is 11.7. The Balaban J connectivity index is 0.000000497. The maximum Gasteiger partial charge on any atom is 0.255 e. The lowest BCUT2D eigenvalue weighted by Gasteiger charge is -2.30. The molecular weight excluding hydrogens is 438 g/mol. The van der Waals surface area contributed by atoms with Crippen molar-refractivity contribution in [1.82, 2.24) is 10.2 Å². The zero-order valence-electron chi connectivity index (χ0n) is 20.2. The second-order valence-corrected chi connectivity index (χ2v) is 8.77. The third-order valence-corrected chi connectivity index (χ3v) is 6.14. The first-order valence-electron chi connectivity index (χ1n) is 12.0. The number of aldehydes is 1. The first-order valence-corrected chi connectivity index (χ1v) is 12.0. The van der Waals surface area contributed by atoms with Crippen LogP contribution in [-0.2, 0) is 14.3 Å².